The lowest BCUT2D eigenvalue weighted by Gasteiger charge is -2.24. The normalized spacial score (nSPS) is 20.5. The van der Waals surface area contributed by atoms with Crippen molar-refractivity contribution in [2.45, 2.75) is 19.0 Å². The van der Waals surface area contributed by atoms with Crippen molar-refractivity contribution in [3.05, 3.63) is 29.8 Å². The molecule has 1 atom stereocenters. The summed E-state index contributed by atoms with van der Waals surface area (Å²) in [6.07, 6.45) is 0.715. The molecule has 1 aromatic carbocycles. The first kappa shape index (κ1) is 15.2. The van der Waals surface area contributed by atoms with E-state index in [0.29, 0.717) is 26.1 Å². The van der Waals surface area contributed by atoms with Crippen LogP contribution in [0.15, 0.2) is 24.3 Å². The SMILES string of the molecule is COc1cccc(CN(C)S(=O)(=O)N2CC[C@@H](N)C2)c1. The van der Waals surface area contributed by atoms with E-state index in [1.807, 2.05) is 24.3 Å². The van der Waals surface area contributed by atoms with Gasteiger partial charge in [0.05, 0.1) is 7.11 Å². The fourth-order valence-corrected chi connectivity index (χ4v) is 3.69. The predicted octanol–water partition coefficient (Wildman–Crippen LogP) is 0.405. The summed E-state index contributed by atoms with van der Waals surface area (Å²) in [6, 6.07) is 7.33. The van der Waals surface area contributed by atoms with Gasteiger partial charge in [-0.2, -0.15) is 17.0 Å². The van der Waals surface area contributed by atoms with Crippen LogP contribution in [0, 0.1) is 0 Å². The third kappa shape index (κ3) is 3.29. The maximum absolute atomic E-state index is 12.4. The van der Waals surface area contributed by atoms with Crippen LogP contribution in [0.2, 0.25) is 0 Å². The van der Waals surface area contributed by atoms with Crippen molar-refractivity contribution in [1.82, 2.24) is 8.61 Å². The van der Waals surface area contributed by atoms with Crippen molar-refractivity contribution in [2.75, 3.05) is 27.2 Å². The van der Waals surface area contributed by atoms with E-state index in [1.165, 1.54) is 8.61 Å². The fraction of sp³-hybridized carbons (Fsp3) is 0.538. The predicted molar refractivity (Wildman–Crippen MR) is 77.5 cm³/mol. The second kappa shape index (κ2) is 6.09. The highest BCUT2D eigenvalue weighted by Crippen LogP contribution is 2.19. The number of nitrogens with two attached hydrogens (primary N) is 1. The Morgan fingerprint density at radius 1 is 1.50 bits per heavy atom. The minimum absolute atomic E-state index is 0.0602. The molecule has 0 saturated carbocycles. The molecule has 0 spiro atoms. The second-order valence-electron chi connectivity index (χ2n) is 5.02. The Bertz CT molecular complexity index is 562. The summed E-state index contributed by atoms with van der Waals surface area (Å²) in [6.45, 7) is 1.20. The molecular weight excluding hydrogens is 278 g/mol. The van der Waals surface area contributed by atoms with Gasteiger partial charge in [0, 0.05) is 32.7 Å². The van der Waals surface area contributed by atoms with Crippen molar-refractivity contribution in [3.63, 3.8) is 0 Å². The highest BCUT2D eigenvalue weighted by molar-refractivity contribution is 7.86. The molecule has 7 heteroatoms. The molecule has 0 aliphatic carbocycles. The number of methoxy groups -OCH3 is 1. The average molecular weight is 299 g/mol. The molecule has 2 rings (SSSR count). The van der Waals surface area contributed by atoms with Gasteiger partial charge in [-0.3, -0.25) is 0 Å². The summed E-state index contributed by atoms with van der Waals surface area (Å²) in [7, 11) is -0.273. The van der Waals surface area contributed by atoms with Crippen LogP contribution in [-0.2, 0) is 16.8 Å². The van der Waals surface area contributed by atoms with E-state index in [-0.39, 0.29) is 6.04 Å². The molecule has 1 fully saturated rings. The quantitative estimate of drug-likeness (QED) is 0.854. The third-order valence-electron chi connectivity index (χ3n) is 3.45. The molecule has 0 unspecified atom stereocenters. The number of benzene rings is 1. The first-order valence-electron chi connectivity index (χ1n) is 6.53. The molecule has 6 nitrogen and oxygen atoms in total. The zero-order valence-electron chi connectivity index (χ0n) is 11.8. The van der Waals surface area contributed by atoms with Crippen LogP contribution >= 0.6 is 0 Å². The Hall–Kier alpha value is -1.15. The molecule has 20 heavy (non-hydrogen) atoms. The highest BCUT2D eigenvalue weighted by Gasteiger charge is 2.32. The van der Waals surface area contributed by atoms with E-state index in [0.717, 1.165) is 11.3 Å². The number of hydrogen-bond donors (Lipinski definition) is 1. The first-order chi connectivity index (χ1) is 9.43. The lowest BCUT2D eigenvalue weighted by molar-refractivity contribution is 0.387. The van der Waals surface area contributed by atoms with E-state index >= 15 is 0 Å². The molecule has 1 saturated heterocycles. The number of nitrogens with zero attached hydrogens (tertiary/aromatic N) is 2. The topological polar surface area (TPSA) is 75.9 Å². The van der Waals surface area contributed by atoms with Gasteiger partial charge in [0.25, 0.3) is 10.2 Å². The van der Waals surface area contributed by atoms with Crippen molar-refractivity contribution in [1.29, 1.82) is 0 Å². The Kier molecular flexibility index (Phi) is 4.64. The highest BCUT2D eigenvalue weighted by atomic mass is 32.2. The molecule has 1 heterocycles. The molecule has 1 aliphatic heterocycles. The molecule has 1 aliphatic rings. The number of hydrogen-bond acceptors (Lipinski definition) is 4. The van der Waals surface area contributed by atoms with E-state index in [4.69, 9.17) is 10.5 Å². The van der Waals surface area contributed by atoms with E-state index in [1.54, 1.807) is 14.2 Å². The van der Waals surface area contributed by atoms with Crippen molar-refractivity contribution < 1.29 is 13.2 Å². The maximum atomic E-state index is 12.4. The zero-order chi connectivity index (χ0) is 14.8. The second-order valence-corrected chi connectivity index (χ2v) is 7.06. The van der Waals surface area contributed by atoms with Crippen LogP contribution in [0.5, 0.6) is 5.75 Å². The molecule has 0 aromatic heterocycles. The summed E-state index contributed by atoms with van der Waals surface area (Å²) in [5.41, 5.74) is 6.66. The molecule has 2 N–H and O–H groups in total. The smallest absolute Gasteiger partial charge is 0.282 e. The van der Waals surface area contributed by atoms with Crippen LogP contribution in [0.3, 0.4) is 0 Å². The van der Waals surface area contributed by atoms with Gasteiger partial charge >= 0.3 is 0 Å². The van der Waals surface area contributed by atoms with Crippen molar-refractivity contribution >= 4 is 10.2 Å². The summed E-state index contributed by atoms with van der Waals surface area (Å²) < 4.78 is 32.7. The van der Waals surface area contributed by atoms with E-state index < -0.39 is 10.2 Å². The van der Waals surface area contributed by atoms with Gasteiger partial charge < -0.3 is 10.5 Å². The Labute approximate surface area is 120 Å². The molecule has 0 amide bonds. The van der Waals surface area contributed by atoms with Gasteiger partial charge in [-0.1, -0.05) is 12.1 Å². The van der Waals surface area contributed by atoms with Crippen LogP contribution < -0.4 is 10.5 Å². The van der Waals surface area contributed by atoms with Crippen LogP contribution in [0.1, 0.15) is 12.0 Å². The summed E-state index contributed by atoms with van der Waals surface area (Å²) in [4.78, 5) is 0. The van der Waals surface area contributed by atoms with Crippen molar-refractivity contribution in [2.24, 2.45) is 5.73 Å². The molecular formula is C13H21N3O3S. The largest absolute Gasteiger partial charge is 0.497 e. The standard InChI is InChI=1S/C13H21N3O3S/c1-15(9-11-4-3-5-13(8-11)19-2)20(17,18)16-7-6-12(14)10-16/h3-5,8,12H,6-7,9-10,14H2,1-2H3/t12-/m1/s1. The fourth-order valence-electron chi connectivity index (χ4n) is 2.27. The third-order valence-corrected chi connectivity index (χ3v) is 5.35. The van der Waals surface area contributed by atoms with Gasteiger partial charge in [0.1, 0.15) is 5.75 Å². The Morgan fingerprint density at radius 2 is 2.25 bits per heavy atom. The van der Waals surface area contributed by atoms with Crippen LogP contribution in [0.4, 0.5) is 0 Å². The van der Waals surface area contributed by atoms with Gasteiger partial charge in [0.2, 0.25) is 0 Å². The molecule has 1 aromatic rings. The van der Waals surface area contributed by atoms with E-state index in [2.05, 4.69) is 0 Å². The zero-order valence-corrected chi connectivity index (χ0v) is 12.6. The van der Waals surface area contributed by atoms with Crippen LogP contribution in [-0.4, -0.2) is 50.3 Å². The van der Waals surface area contributed by atoms with Gasteiger partial charge in [-0.15, -0.1) is 0 Å². The van der Waals surface area contributed by atoms with Crippen molar-refractivity contribution in [3.8, 4) is 5.75 Å². The lowest BCUT2D eigenvalue weighted by atomic mass is 10.2. The number of rotatable bonds is 5. The minimum atomic E-state index is -3.44. The van der Waals surface area contributed by atoms with Crippen LogP contribution in [0.25, 0.3) is 0 Å². The minimum Gasteiger partial charge on any atom is -0.497 e. The van der Waals surface area contributed by atoms with Gasteiger partial charge in [0.15, 0.2) is 0 Å². The Morgan fingerprint density at radius 3 is 2.85 bits per heavy atom. The van der Waals surface area contributed by atoms with Gasteiger partial charge in [-0.25, -0.2) is 0 Å². The van der Waals surface area contributed by atoms with E-state index in [9.17, 15) is 8.42 Å². The summed E-state index contributed by atoms with van der Waals surface area (Å²) in [5, 5.41) is 0. The monoisotopic (exact) mass is 299 g/mol. The first-order valence-corrected chi connectivity index (χ1v) is 7.93. The summed E-state index contributed by atoms with van der Waals surface area (Å²) in [5.74, 6) is 0.719. The molecule has 0 bridgehead atoms. The Balaban J connectivity index is 2.08. The van der Waals surface area contributed by atoms with Gasteiger partial charge in [-0.05, 0) is 24.1 Å². The lowest BCUT2D eigenvalue weighted by Crippen LogP contribution is -2.41. The number of ether oxygens (including phenoxy) is 1. The molecule has 112 valence electrons. The summed E-state index contributed by atoms with van der Waals surface area (Å²) >= 11 is 0. The average Bonchev–Trinajstić information content (AvgIpc) is 2.86. The molecule has 0 radical (unpaired) electrons. The maximum Gasteiger partial charge on any atom is 0.282 e.